The first kappa shape index (κ1) is 8.59. The molecule has 0 aromatic rings. The maximum atomic E-state index is 12.2. The van der Waals surface area contributed by atoms with Crippen molar-refractivity contribution in [2.45, 2.75) is 13.8 Å². The van der Waals surface area contributed by atoms with E-state index in [1.54, 1.807) is 6.92 Å². The highest BCUT2D eigenvalue weighted by molar-refractivity contribution is 5.03. The van der Waals surface area contributed by atoms with Crippen LogP contribution in [0.5, 0.6) is 0 Å². The van der Waals surface area contributed by atoms with E-state index in [2.05, 4.69) is 5.32 Å². The summed E-state index contributed by atoms with van der Waals surface area (Å²) in [5.41, 5.74) is 5.83. The molecule has 0 bridgehead atoms. The van der Waals surface area contributed by atoms with Gasteiger partial charge < -0.3 is 11.1 Å². The lowest BCUT2D eigenvalue weighted by Crippen LogP contribution is -2.23. The fourth-order valence-corrected chi connectivity index (χ4v) is 0.381. The Morgan fingerprint density at radius 3 is 2.44 bits per heavy atom. The number of halogens is 1. The normalized spacial score (nSPS) is 13.3. The van der Waals surface area contributed by atoms with Crippen molar-refractivity contribution in [3.05, 3.63) is 11.4 Å². The van der Waals surface area contributed by atoms with Gasteiger partial charge in [-0.25, -0.2) is 4.39 Å². The van der Waals surface area contributed by atoms with E-state index in [1.165, 1.54) is 6.92 Å². The Balaban J connectivity index is 3.50. The number of hydrogen-bond acceptors (Lipinski definition) is 2. The van der Waals surface area contributed by atoms with Crippen molar-refractivity contribution < 1.29 is 4.39 Å². The van der Waals surface area contributed by atoms with Gasteiger partial charge in [0, 0.05) is 13.2 Å². The van der Waals surface area contributed by atoms with Crippen LogP contribution in [0.15, 0.2) is 11.4 Å². The molecule has 3 heteroatoms. The number of nitrogens with two attached hydrogens (primary N) is 1. The summed E-state index contributed by atoms with van der Waals surface area (Å²) in [4.78, 5) is 0. The van der Waals surface area contributed by atoms with Crippen molar-refractivity contribution in [3.8, 4) is 0 Å². The van der Waals surface area contributed by atoms with Gasteiger partial charge in [-0.2, -0.15) is 0 Å². The molecule has 0 aliphatic carbocycles. The van der Waals surface area contributed by atoms with E-state index < -0.39 is 0 Å². The lowest BCUT2D eigenvalue weighted by molar-refractivity contribution is 0.613. The second kappa shape index (κ2) is 4.47. The molecule has 0 saturated carbocycles. The van der Waals surface area contributed by atoms with Crippen LogP contribution >= 0.6 is 0 Å². The predicted molar refractivity (Wildman–Crippen MR) is 36.5 cm³/mol. The minimum absolute atomic E-state index is 0.129. The summed E-state index contributed by atoms with van der Waals surface area (Å²) in [7, 11) is 0. The van der Waals surface area contributed by atoms with E-state index in [0.29, 0.717) is 18.8 Å². The van der Waals surface area contributed by atoms with Gasteiger partial charge in [-0.3, -0.25) is 0 Å². The van der Waals surface area contributed by atoms with E-state index in [1.807, 2.05) is 0 Å². The highest BCUT2D eigenvalue weighted by atomic mass is 19.1. The largest absolute Gasteiger partial charge is 0.318 e. The third-order valence-electron chi connectivity index (χ3n) is 1.12. The van der Waals surface area contributed by atoms with Crippen LogP contribution in [0.1, 0.15) is 13.8 Å². The molecule has 0 aliphatic heterocycles. The molecule has 0 radical (unpaired) electrons. The smallest absolute Gasteiger partial charge is 0.0970 e. The molecule has 0 rings (SSSR count). The summed E-state index contributed by atoms with van der Waals surface area (Å²) in [5.74, 6) is -0.129. The van der Waals surface area contributed by atoms with E-state index >= 15 is 0 Å². The standard InChI is InChI=1S/C6H13FN2/c1-5(6(2)7)3-9-4-8/h9H,3-4,8H2,1-2H3. The van der Waals surface area contributed by atoms with E-state index in [9.17, 15) is 4.39 Å². The quantitative estimate of drug-likeness (QED) is 0.556. The highest BCUT2D eigenvalue weighted by Gasteiger charge is 1.91. The molecule has 0 atom stereocenters. The molecule has 0 unspecified atom stereocenters. The first-order valence-corrected chi connectivity index (χ1v) is 2.91. The van der Waals surface area contributed by atoms with Crippen molar-refractivity contribution in [1.29, 1.82) is 0 Å². The van der Waals surface area contributed by atoms with Gasteiger partial charge >= 0.3 is 0 Å². The van der Waals surface area contributed by atoms with Gasteiger partial charge in [-0.05, 0) is 19.4 Å². The molecule has 0 heterocycles. The Hall–Kier alpha value is -0.410. The Labute approximate surface area is 54.9 Å². The first-order valence-electron chi connectivity index (χ1n) is 2.91. The minimum Gasteiger partial charge on any atom is -0.318 e. The Morgan fingerprint density at radius 2 is 2.11 bits per heavy atom. The summed E-state index contributed by atoms with van der Waals surface area (Å²) in [6.45, 7) is 4.11. The monoisotopic (exact) mass is 132 g/mol. The summed E-state index contributed by atoms with van der Waals surface area (Å²) < 4.78 is 12.2. The molecule has 54 valence electrons. The van der Waals surface area contributed by atoms with E-state index in [4.69, 9.17) is 5.73 Å². The topological polar surface area (TPSA) is 38.0 Å². The van der Waals surface area contributed by atoms with Crippen molar-refractivity contribution in [3.63, 3.8) is 0 Å². The van der Waals surface area contributed by atoms with Crippen LogP contribution in [0.2, 0.25) is 0 Å². The number of rotatable bonds is 3. The lowest BCUT2D eigenvalue weighted by Gasteiger charge is -2.00. The zero-order chi connectivity index (χ0) is 7.28. The lowest BCUT2D eigenvalue weighted by atomic mass is 10.3. The first-order chi connectivity index (χ1) is 4.18. The second-order valence-corrected chi connectivity index (χ2v) is 1.94. The van der Waals surface area contributed by atoms with Crippen LogP contribution in [-0.2, 0) is 0 Å². The average molecular weight is 132 g/mol. The highest BCUT2D eigenvalue weighted by Crippen LogP contribution is 2.01. The Bertz CT molecular complexity index is 106. The third-order valence-corrected chi connectivity index (χ3v) is 1.12. The molecule has 0 saturated heterocycles. The van der Waals surface area contributed by atoms with Gasteiger partial charge in [0.1, 0.15) is 0 Å². The average Bonchev–Trinajstić information content (AvgIpc) is 1.82. The predicted octanol–water partition coefficient (Wildman–Crippen LogP) is 0.756. The Kier molecular flexibility index (Phi) is 4.26. The van der Waals surface area contributed by atoms with Gasteiger partial charge in [0.05, 0.1) is 5.83 Å². The fraction of sp³-hybridized carbons (Fsp3) is 0.667. The summed E-state index contributed by atoms with van der Waals surface area (Å²) in [6.07, 6.45) is 0. The molecule has 0 aromatic heterocycles. The van der Waals surface area contributed by atoms with Gasteiger partial charge in [0.25, 0.3) is 0 Å². The van der Waals surface area contributed by atoms with Crippen LogP contribution in [0.4, 0.5) is 4.39 Å². The van der Waals surface area contributed by atoms with Gasteiger partial charge in [-0.15, -0.1) is 0 Å². The molecular weight excluding hydrogens is 119 g/mol. The summed E-state index contributed by atoms with van der Waals surface area (Å²) >= 11 is 0. The van der Waals surface area contributed by atoms with Crippen molar-refractivity contribution in [2.75, 3.05) is 13.2 Å². The molecule has 0 fully saturated rings. The van der Waals surface area contributed by atoms with Crippen LogP contribution in [0, 0.1) is 0 Å². The summed E-state index contributed by atoms with van der Waals surface area (Å²) in [5, 5.41) is 2.81. The van der Waals surface area contributed by atoms with E-state index in [-0.39, 0.29) is 5.83 Å². The van der Waals surface area contributed by atoms with Crippen LogP contribution < -0.4 is 11.1 Å². The number of nitrogens with one attached hydrogen (secondary N) is 1. The zero-order valence-corrected chi connectivity index (χ0v) is 5.87. The van der Waals surface area contributed by atoms with Crippen molar-refractivity contribution >= 4 is 0 Å². The second-order valence-electron chi connectivity index (χ2n) is 1.94. The van der Waals surface area contributed by atoms with E-state index in [0.717, 1.165) is 0 Å². The molecule has 0 spiro atoms. The molecule has 9 heavy (non-hydrogen) atoms. The fourth-order valence-electron chi connectivity index (χ4n) is 0.381. The molecule has 0 aliphatic rings. The molecule has 2 nitrogen and oxygen atoms in total. The maximum Gasteiger partial charge on any atom is 0.0970 e. The van der Waals surface area contributed by atoms with Gasteiger partial charge in [0.2, 0.25) is 0 Å². The Morgan fingerprint density at radius 1 is 1.56 bits per heavy atom. The maximum absolute atomic E-state index is 12.2. The number of allylic oxidation sites excluding steroid dienone is 1. The van der Waals surface area contributed by atoms with Crippen LogP contribution in [0.25, 0.3) is 0 Å². The van der Waals surface area contributed by atoms with Crippen molar-refractivity contribution in [1.82, 2.24) is 5.32 Å². The number of hydrogen-bond donors (Lipinski definition) is 2. The molecule has 0 aromatic carbocycles. The SMILES string of the molecule is CC(F)=C(C)CNCN. The molecular formula is C6H13FN2. The van der Waals surface area contributed by atoms with Crippen LogP contribution in [0.3, 0.4) is 0 Å². The van der Waals surface area contributed by atoms with Gasteiger partial charge in [0.15, 0.2) is 0 Å². The third kappa shape index (κ3) is 4.12. The summed E-state index contributed by atoms with van der Waals surface area (Å²) in [6, 6.07) is 0. The van der Waals surface area contributed by atoms with Gasteiger partial charge in [-0.1, -0.05) is 0 Å². The van der Waals surface area contributed by atoms with Crippen LogP contribution in [-0.4, -0.2) is 13.2 Å². The molecule has 3 N–H and O–H groups in total. The zero-order valence-electron chi connectivity index (χ0n) is 5.87. The molecule has 0 amide bonds. The van der Waals surface area contributed by atoms with Crippen molar-refractivity contribution in [2.24, 2.45) is 5.73 Å². The minimum atomic E-state index is -0.129.